The van der Waals surface area contributed by atoms with Crippen LogP contribution in [0, 0.1) is 31.1 Å². The van der Waals surface area contributed by atoms with Crippen LogP contribution >= 0.6 is 23.5 Å². The van der Waals surface area contributed by atoms with E-state index in [0.29, 0.717) is 16.7 Å². The van der Waals surface area contributed by atoms with Crippen molar-refractivity contribution < 1.29 is 90.5 Å². The summed E-state index contributed by atoms with van der Waals surface area (Å²) in [4.78, 5) is 98.0. The molecule has 4 aromatic heterocycles. The van der Waals surface area contributed by atoms with Gasteiger partial charge in [0.25, 0.3) is 22.5 Å². The molecule has 6 heterocycles. The minimum Gasteiger partial charge on any atom is -0.394 e. The largest absolute Gasteiger partial charge is 0.490 e. The first-order valence-electron chi connectivity index (χ1n) is 24.6. The number of anilines is 2. The molecule has 33 nitrogen and oxygen atoms in total. The highest BCUT2D eigenvalue weighted by Gasteiger charge is 2.44. The van der Waals surface area contributed by atoms with E-state index < -0.39 is 111 Å². The second-order valence-electron chi connectivity index (χ2n) is 21.1. The number of phosphoric ester groups is 1. The number of aromatic nitrogens is 6. The lowest BCUT2D eigenvalue weighted by atomic mass is 9.84. The van der Waals surface area contributed by atoms with E-state index in [1.54, 1.807) is 41.1 Å². The van der Waals surface area contributed by atoms with E-state index in [9.17, 15) is 68.6 Å². The van der Waals surface area contributed by atoms with Gasteiger partial charge in [-0.1, -0.05) is 73.2 Å². The number of para-hydroxylation sites is 2. The molecule has 2 saturated heterocycles. The number of nitro benzene ring substituents is 2. The van der Waals surface area contributed by atoms with Gasteiger partial charge < -0.3 is 74.4 Å². The molecule has 10 atom stereocenters. The van der Waals surface area contributed by atoms with Gasteiger partial charge in [-0.25, -0.2) is 13.7 Å². The van der Waals surface area contributed by atoms with Crippen molar-refractivity contribution in [3.05, 3.63) is 124 Å². The number of nitro groups is 2. The topological polar surface area (TPSA) is 497 Å². The maximum atomic E-state index is 13.0. The van der Waals surface area contributed by atoms with E-state index in [4.69, 9.17) is 40.2 Å². The van der Waals surface area contributed by atoms with Gasteiger partial charge in [0.1, 0.15) is 24.7 Å². The van der Waals surface area contributed by atoms with Crippen LogP contribution in [-0.2, 0) is 59.0 Å². The van der Waals surface area contributed by atoms with Crippen LogP contribution in [0.25, 0.3) is 22.1 Å². The molecular formula is C47H65N10O23P3. The summed E-state index contributed by atoms with van der Waals surface area (Å²) in [6.45, 7) is 9.64. The molecule has 0 aliphatic carbocycles. The third kappa shape index (κ3) is 15.8. The van der Waals surface area contributed by atoms with E-state index >= 15 is 0 Å². The molecule has 6 aromatic rings. The second kappa shape index (κ2) is 25.6. The van der Waals surface area contributed by atoms with E-state index in [0.717, 1.165) is 0 Å². The van der Waals surface area contributed by atoms with Crippen molar-refractivity contribution in [2.45, 2.75) is 124 Å². The number of aliphatic hydroxyl groups excluding tert-OH is 3. The summed E-state index contributed by atoms with van der Waals surface area (Å²) in [5.74, 6) is -0.344. The molecule has 2 aliphatic heterocycles. The number of hydrogen-bond donors (Lipinski definition) is 11. The fourth-order valence-electron chi connectivity index (χ4n) is 9.42. The third-order valence-electron chi connectivity index (χ3n) is 12.8. The zero-order valence-electron chi connectivity index (χ0n) is 44.5. The van der Waals surface area contributed by atoms with Crippen LogP contribution < -0.4 is 22.6 Å². The van der Waals surface area contributed by atoms with Crippen LogP contribution in [-0.4, -0.2) is 111 Å². The Labute approximate surface area is 470 Å². The number of aliphatic hydroxyl groups is 3. The van der Waals surface area contributed by atoms with Crippen molar-refractivity contribution >= 4 is 68.8 Å². The molecule has 4 unspecified atom stereocenters. The van der Waals surface area contributed by atoms with E-state index in [1.165, 1.54) is 29.0 Å². The molecule has 2 aromatic carbocycles. The molecule has 0 spiro atoms. The quantitative estimate of drug-likeness (QED) is 0.0262. The Hall–Kier alpha value is -6.19. The van der Waals surface area contributed by atoms with Crippen LogP contribution in [0.5, 0.6) is 0 Å². The maximum absolute atomic E-state index is 13.0. The molecular weight excluding hydrogens is 1170 g/mol. The molecule has 0 saturated carbocycles. The number of hydrogen-bond acceptors (Lipinski definition) is 23. The van der Waals surface area contributed by atoms with Crippen LogP contribution in [0.1, 0.15) is 109 Å². The molecule has 2 fully saturated rings. The number of phosphoric acid groups is 3. The number of aromatic amines is 2. The summed E-state index contributed by atoms with van der Waals surface area (Å²) in [7, 11) is -16.9. The Balaban J connectivity index is 0.000000274. The maximum Gasteiger partial charge on any atom is 0.490 e. The fourth-order valence-corrected chi connectivity index (χ4v) is 12.5. The Morgan fingerprint density at radius 3 is 1.47 bits per heavy atom. The van der Waals surface area contributed by atoms with Crippen molar-refractivity contribution in [3.8, 4) is 0 Å². The Morgan fingerprint density at radius 1 is 0.699 bits per heavy atom. The monoisotopic (exact) mass is 1230 g/mol. The molecule has 8 rings (SSSR count). The number of ether oxygens (including phenoxy) is 4. The zero-order chi connectivity index (χ0) is 60.6. The molecule has 36 heteroatoms. The van der Waals surface area contributed by atoms with Gasteiger partial charge >= 0.3 is 23.5 Å². The summed E-state index contributed by atoms with van der Waals surface area (Å²) >= 11 is 0. The molecule has 0 radical (unpaired) electrons. The average Bonchev–Trinajstić information content (AvgIpc) is 3.10. The zero-order valence-corrected chi connectivity index (χ0v) is 47.2. The summed E-state index contributed by atoms with van der Waals surface area (Å²) in [6, 6.07) is 12.5. The second-order valence-corrected chi connectivity index (χ2v) is 25.5. The van der Waals surface area contributed by atoms with Crippen molar-refractivity contribution in [2.75, 3.05) is 24.7 Å². The summed E-state index contributed by atoms with van der Waals surface area (Å²) in [6.07, 6.45) is -4.56. The predicted octanol–water partition coefficient (Wildman–Crippen LogP) is 5.31. The van der Waals surface area contributed by atoms with Crippen molar-refractivity contribution in [1.82, 2.24) is 29.1 Å². The van der Waals surface area contributed by atoms with Crippen molar-refractivity contribution in [2.24, 2.45) is 10.8 Å². The Bertz CT molecular complexity index is 3610. The number of benzene rings is 2. The van der Waals surface area contributed by atoms with Gasteiger partial charge in [0, 0.05) is 48.5 Å². The van der Waals surface area contributed by atoms with Crippen molar-refractivity contribution in [3.63, 3.8) is 0 Å². The number of rotatable bonds is 20. The predicted molar refractivity (Wildman–Crippen MR) is 292 cm³/mol. The van der Waals surface area contributed by atoms with Crippen LogP contribution in [0.2, 0.25) is 0 Å². The first kappa shape index (κ1) is 66.0. The first-order valence-corrected chi connectivity index (χ1v) is 29.1. The average molecular weight is 1230 g/mol. The molecule has 0 bridgehead atoms. The van der Waals surface area contributed by atoms with Gasteiger partial charge in [-0.15, -0.1) is 0 Å². The lowest BCUT2D eigenvalue weighted by molar-refractivity contribution is -0.386. The van der Waals surface area contributed by atoms with Gasteiger partial charge in [0.05, 0.1) is 82.6 Å². The lowest BCUT2D eigenvalue weighted by Gasteiger charge is -2.30. The molecule has 456 valence electrons. The highest BCUT2D eigenvalue weighted by Crippen LogP contribution is 2.66. The van der Waals surface area contributed by atoms with Gasteiger partial charge in [-0.05, 0) is 23.0 Å². The van der Waals surface area contributed by atoms with Gasteiger partial charge in [0.15, 0.2) is 11.3 Å². The highest BCUT2D eigenvalue weighted by atomic mass is 31.3. The van der Waals surface area contributed by atoms with Crippen LogP contribution in [0.15, 0.2) is 70.5 Å². The number of nitrogen functional groups attached to an aromatic ring is 2. The normalized spacial score (nSPS) is 21.6. The number of nitrogens with one attached hydrogen (secondary N) is 2. The number of nitrogens with zero attached hydrogens (tertiary/aromatic N) is 6. The summed E-state index contributed by atoms with van der Waals surface area (Å²) < 4.78 is 73.4. The first-order chi connectivity index (χ1) is 38.1. The third-order valence-corrected chi connectivity index (χ3v) is 16.6. The number of nitrogens with two attached hydrogens (primary N) is 2. The molecule has 13 N–H and O–H groups in total. The van der Waals surface area contributed by atoms with Crippen LogP contribution in [0.3, 0.4) is 0 Å². The van der Waals surface area contributed by atoms with Crippen molar-refractivity contribution in [1.29, 1.82) is 0 Å². The van der Waals surface area contributed by atoms with E-state index in [2.05, 4.69) is 33.1 Å². The summed E-state index contributed by atoms with van der Waals surface area (Å²) in [5, 5.41) is 53.9. The SMILES string of the molecule is C.CC(C)(C)[C@H](OCc1cn([C@H]2CC(O)[C@@H](CO)O2)c2nc(N)[nH]c(=O)c12)c1ccccc1[N+](=O)[O-].CC(C)(C)[C@H](OCc1cn([C@H]2CC(O)[C@@H](COP(=O)(O)OP(=O)(O)OP(=O)(O)O)O2)c2nc(N)[nH]c(=O)c12)c1ccccc1[N+](=O)[O-]. The standard InChI is InChI=1S/C23H32N5O16P3.C23H29N5O7.CH4/c1-23(2,3)19(13-6-4-5-7-14(13)28(31)32)40-10-12-9-27(20-18(12)21(30)26-22(24)25-20)17-8-15(29)16(42-17)11-41-46(36,37)44-47(38,39)43-45(33,34)35;1-23(2,3)19(13-6-4-5-7-14(13)28(32)33)34-11-12-9-27(17-8-15(30)16(10-29)35-17)20-18(12)21(31)26-22(24)25-20;/h4-7,9,15-17,19,29H,8,10-11H2,1-3H3,(H,36,37)(H,38,39)(H2,33,34,35)(H3,24,25,26,30);4-7,9,15-17,19,29-30H,8,10-11H2,1-3H3,(H3,24,25,26,31);1H4/t2*15?,16-,17-,19-;/m11./s1. The molecule has 83 heavy (non-hydrogen) atoms. The number of H-pyrrole nitrogens is 2. The van der Waals surface area contributed by atoms with Crippen LogP contribution in [0.4, 0.5) is 23.3 Å². The molecule has 2 aliphatic rings. The van der Waals surface area contributed by atoms with Gasteiger partial charge in [-0.3, -0.25) is 44.3 Å². The minimum atomic E-state index is -5.76. The minimum absolute atomic E-state index is 0. The number of fused-ring (bicyclic) bond motifs is 2. The molecule has 0 amide bonds. The van der Waals surface area contributed by atoms with Gasteiger partial charge in [-0.2, -0.15) is 18.6 Å². The lowest BCUT2D eigenvalue weighted by Crippen LogP contribution is -2.26. The van der Waals surface area contributed by atoms with Gasteiger partial charge in [0.2, 0.25) is 11.9 Å². The Kier molecular flexibility index (Phi) is 20.3. The Morgan fingerprint density at radius 2 is 1.10 bits per heavy atom. The highest BCUT2D eigenvalue weighted by molar-refractivity contribution is 7.66. The fraction of sp³-hybridized carbons (Fsp3) is 0.489. The van der Waals surface area contributed by atoms with E-state index in [1.807, 2.05) is 41.5 Å². The smallest absolute Gasteiger partial charge is 0.394 e. The van der Waals surface area contributed by atoms with E-state index in [-0.39, 0.29) is 91.0 Å². The summed E-state index contributed by atoms with van der Waals surface area (Å²) in [5.41, 5.74) is 10.8.